The number of fused-ring (bicyclic) bond motifs is 1. The zero-order valence-corrected chi connectivity index (χ0v) is 16.6. The predicted octanol–water partition coefficient (Wildman–Crippen LogP) is 4.10. The van der Waals surface area contributed by atoms with Crippen LogP contribution in [0.2, 0.25) is 0 Å². The summed E-state index contributed by atoms with van der Waals surface area (Å²) in [5.74, 6) is 1.56. The van der Waals surface area contributed by atoms with Crippen molar-refractivity contribution in [1.29, 1.82) is 0 Å². The lowest BCUT2D eigenvalue weighted by Gasteiger charge is -2.40. The Labute approximate surface area is 170 Å². The lowest BCUT2D eigenvalue weighted by molar-refractivity contribution is -0.385. The topological polar surface area (TPSA) is 88.8 Å². The van der Waals surface area contributed by atoms with Gasteiger partial charge in [-0.1, -0.05) is 36.4 Å². The number of rotatable bonds is 4. The third kappa shape index (κ3) is 4.04. The SMILES string of the molecule is CN=C(NCc1ccccc1[N+](=O)[O-])NC1CC2(CCCC2)Oc2ccccc21. The molecule has 2 aliphatic rings. The molecular weight excluding hydrogens is 368 g/mol. The molecule has 1 fully saturated rings. The monoisotopic (exact) mass is 394 g/mol. The molecule has 1 aliphatic heterocycles. The molecule has 2 N–H and O–H groups in total. The summed E-state index contributed by atoms with van der Waals surface area (Å²) in [5.41, 5.74) is 1.75. The molecular formula is C22H26N4O3. The van der Waals surface area contributed by atoms with Gasteiger partial charge in [0, 0.05) is 37.2 Å². The molecule has 1 heterocycles. The number of nitrogens with zero attached hydrogens (tertiary/aromatic N) is 2. The molecule has 1 spiro atoms. The van der Waals surface area contributed by atoms with Crippen LogP contribution in [0.3, 0.4) is 0 Å². The van der Waals surface area contributed by atoms with Crippen LogP contribution >= 0.6 is 0 Å². The highest BCUT2D eigenvalue weighted by Crippen LogP contribution is 2.46. The average molecular weight is 394 g/mol. The summed E-state index contributed by atoms with van der Waals surface area (Å²) < 4.78 is 6.42. The second-order valence-electron chi connectivity index (χ2n) is 7.74. The number of hydrogen-bond donors (Lipinski definition) is 2. The summed E-state index contributed by atoms with van der Waals surface area (Å²) in [5, 5.41) is 18.0. The fourth-order valence-electron chi connectivity index (χ4n) is 4.45. The van der Waals surface area contributed by atoms with Crippen molar-refractivity contribution >= 4 is 11.6 Å². The summed E-state index contributed by atoms with van der Waals surface area (Å²) in [6, 6.07) is 15.0. The van der Waals surface area contributed by atoms with Crippen LogP contribution in [0.25, 0.3) is 0 Å². The molecule has 1 unspecified atom stereocenters. The summed E-state index contributed by atoms with van der Waals surface area (Å²) in [6.45, 7) is 0.326. The number of hydrogen-bond acceptors (Lipinski definition) is 4. The molecule has 2 aromatic carbocycles. The molecule has 152 valence electrons. The number of nitrogens with one attached hydrogen (secondary N) is 2. The Morgan fingerprint density at radius 3 is 2.69 bits per heavy atom. The predicted molar refractivity (Wildman–Crippen MR) is 112 cm³/mol. The molecule has 1 atom stereocenters. The van der Waals surface area contributed by atoms with Crippen LogP contribution < -0.4 is 15.4 Å². The fourth-order valence-corrected chi connectivity index (χ4v) is 4.45. The van der Waals surface area contributed by atoms with Gasteiger partial charge in [0.1, 0.15) is 11.4 Å². The van der Waals surface area contributed by atoms with E-state index in [1.807, 2.05) is 18.2 Å². The molecule has 0 amide bonds. The van der Waals surface area contributed by atoms with Gasteiger partial charge in [-0.25, -0.2) is 0 Å². The van der Waals surface area contributed by atoms with Crippen LogP contribution in [0.1, 0.15) is 49.3 Å². The van der Waals surface area contributed by atoms with Gasteiger partial charge in [0.2, 0.25) is 0 Å². The smallest absolute Gasteiger partial charge is 0.274 e. The molecule has 0 saturated heterocycles. The van der Waals surface area contributed by atoms with E-state index in [1.54, 1.807) is 25.2 Å². The van der Waals surface area contributed by atoms with Crippen LogP contribution in [-0.4, -0.2) is 23.5 Å². The Morgan fingerprint density at radius 1 is 1.21 bits per heavy atom. The molecule has 2 aromatic rings. The molecule has 0 radical (unpaired) electrons. The molecule has 0 bridgehead atoms. The molecule has 4 rings (SSSR count). The fraction of sp³-hybridized carbons (Fsp3) is 0.409. The first-order valence-corrected chi connectivity index (χ1v) is 10.1. The van der Waals surface area contributed by atoms with Gasteiger partial charge in [-0.05, 0) is 31.7 Å². The van der Waals surface area contributed by atoms with E-state index >= 15 is 0 Å². The third-order valence-electron chi connectivity index (χ3n) is 5.88. The van der Waals surface area contributed by atoms with E-state index in [0.29, 0.717) is 18.1 Å². The lowest BCUT2D eigenvalue weighted by atomic mass is 9.86. The van der Waals surface area contributed by atoms with Gasteiger partial charge < -0.3 is 15.4 Å². The average Bonchev–Trinajstić information content (AvgIpc) is 3.18. The van der Waals surface area contributed by atoms with Gasteiger partial charge in [0.25, 0.3) is 5.69 Å². The van der Waals surface area contributed by atoms with Gasteiger partial charge >= 0.3 is 0 Å². The Hall–Kier alpha value is -3.09. The quantitative estimate of drug-likeness (QED) is 0.353. The lowest BCUT2D eigenvalue weighted by Crippen LogP contribution is -2.46. The standard InChI is InChI=1S/C22H26N4O3/c1-23-21(24-15-16-8-2-4-10-19(16)26(27)28)25-18-14-22(12-6-7-13-22)29-20-11-5-3-9-17(18)20/h2-5,8-11,18H,6-7,12-15H2,1H3,(H2,23,24,25). The number of benzene rings is 2. The first-order chi connectivity index (χ1) is 14.1. The van der Waals surface area contributed by atoms with E-state index in [0.717, 1.165) is 30.6 Å². The summed E-state index contributed by atoms with van der Waals surface area (Å²) in [6.07, 6.45) is 5.42. The van der Waals surface area contributed by atoms with E-state index in [-0.39, 0.29) is 22.3 Å². The number of guanidine groups is 1. The third-order valence-corrected chi connectivity index (χ3v) is 5.88. The highest BCUT2D eigenvalue weighted by molar-refractivity contribution is 5.80. The van der Waals surface area contributed by atoms with E-state index in [4.69, 9.17) is 4.74 Å². The molecule has 1 saturated carbocycles. The Kier molecular flexibility index (Phi) is 5.38. The summed E-state index contributed by atoms with van der Waals surface area (Å²) in [4.78, 5) is 15.2. The first kappa shape index (κ1) is 19.2. The Balaban J connectivity index is 1.50. The first-order valence-electron chi connectivity index (χ1n) is 10.1. The molecule has 7 heteroatoms. The van der Waals surface area contributed by atoms with E-state index in [2.05, 4.69) is 21.7 Å². The zero-order chi connectivity index (χ0) is 20.3. The maximum absolute atomic E-state index is 11.3. The number of ether oxygens (including phenoxy) is 1. The molecule has 0 aromatic heterocycles. The minimum absolute atomic E-state index is 0.0787. The number of aliphatic imine (C=N–C) groups is 1. The zero-order valence-electron chi connectivity index (χ0n) is 16.6. The second kappa shape index (κ2) is 8.11. The van der Waals surface area contributed by atoms with Crippen molar-refractivity contribution in [3.05, 3.63) is 69.8 Å². The van der Waals surface area contributed by atoms with Gasteiger partial charge in [0.15, 0.2) is 5.96 Å². The Bertz CT molecular complexity index is 922. The van der Waals surface area contributed by atoms with Crippen molar-refractivity contribution in [2.24, 2.45) is 4.99 Å². The summed E-state index contributed by atoms with van der Waals surface area (Å²) >= 11 is 0. The number of para-hydroxylation sites is 2. The van der Waals surface area contributed by atoms with Crippen molar-refractivity contribution in [2.45, 2.75) is 50.3 Å². The summed E-state index contributed by atoms with van der Waals surface area (Å²) in [7, 11) is 1.71. The molecule has 7 nitrogen and oxygen atoms in total. The Morgan fingerprint density at radius 2 is 1.93 bits per heavy atom. The normalized spacial score (nSPS) is 20.0. The van der Waals surface area contributed by atoms with E-state index < -0.39 is 0 Å². The van der Waals surface area contributed by atoms with E-state index in [1.165, 1.54) is 18.9 Å². The minimum Gasteiger partial charge on any atom is -0.487 e. The van der Waals surface area contributed by atoms with Crippen molar-refractivity contribution in [3.8, 4) is 5.75 Å². The largest absolute Gasteiger partial charge is 0.487 e. The highest BCUT2D eigenvalue weighted by Gasteiger charge is 2.43. The van der Waals surface area contributed by atoms with E-state index in [9.17, 15) is 10.1 Å². The molecule has 1 aliphatic carbocycles. The van der Waals surface area contributed by atoms with Crippen LogP contribution in [0.4, 0.5) is 5.69 Å². The van der Waals surface area contributed by atoms with Crippen molar-refractivity contribution in [1.82, 2.24) is 10.6 Å². The molecule has 29 heavy (non-hydrogen) atoms. The van der Waals surface area contributed by atoms with Crippen molar-refractivity contribution in [2.75, 3.05) is 7.05 Å². The van der Waals surface area contributed by atoms with Gasteiger partial charge in [-0.2, -0.15) is 0 Å². The second-order valence-corrected chi connectivity index (χ2v) is 7.74. The van der Waals surface area contributed by atoms with Crippen molar-refractivity contribution in [3.63, 3.8) is 0 Å². The maximum Gasteiger partial charge on any atom is 0.274 e. The number of nitro groups is 1. The van der Waals surface area contributed by atoms with Crippen molar-refractivity contribution < 1.29 is 9.66 Å². The van der Waals surface area contributed by atoms with Crippen LogP contribution in [0.5, 0.6) is 5.75 Å². The van der Waals surface area contributed by atoms with Gasteiger partial charge in [-0.3, -0.25) is 15.1 Å². The van der Waals surface area contributed by atoms with Gasteiger partial charge in [0.05, 0.1) is 11.0 Å². The van der Waals surface area contributed by atoms with Gasteiger partial charge in [-0.15, -0.1) is 0 Å². The number of nitro benzene ring substituents is 1. The minimum atomic E-state index is -0.355. The van der Waals surface area contributed by atoms with Crippen LogP contribution in [-0.2, 0) is 6.54 Å². The maximum atomic E-state index is 11.3. The highest BCUT2D eigenvalue weighted by atomic mass is 16.6. The van der Waals surface area contributed by atoms with Crippen LogP contribution in [0.15, 0.2) is 53.5 Å². The van der Waals surface area contributed by atoms with Crippen LogP contribution in [0, 0.1) is 10.1 Å².